The lowest BCUT2D eigenvalue weighted by Gasteiger charge is -2.32. The Hall–Kier alpha value is -2.86. The number of carbonyl (C=O) groups is 1. The van der Waals surface area contributed by atoms with Crippen molar-refractivity contribution >= 4 is 28.6 Å². The Kier molecular flexibility index (Phi) is 5.53. The summed E-state index contributed by atoms with van der Waals surface area (Å²) in [5.74, 6) is 1.13. The van der Waals surface area contributed by atoms with Gasteiger partial charge in [-0.25, -0.2) is 4.98 Å². The zero-order chi connectivity index (χ0) is 20.4. The van der Waals surface area contributed by atoms with Gasteiger partial charge in [-0.3, -0.25) is 4.79 Å². The molecule has 6 heteroatoms. The van der Waals surface area contributed by atoms with Gasteiger partial charge >= 0.3 is 0 Å². The highest BCUT2D eigenvalue weighted by atomic mass is 16.2. The van der Waals surface area contributed by atoms with E-state index in [4.69, 9.17) is 4.98 Å². The zero-order valence-corrected chi connectivity index (χ0v) is 17.5. The fraction of sp³-hybridized carbons (Fsp3) is 0.391. The molecule has 1 fully saturated rings. The number of para-hydroxylation sites is 2. The highest BCUT2D eigenvalue weighted by molar-refractivity contribution is 5.92. The van der Waals surface area contributed by atoms with Crippen LogP contribution in [0.5, 0.6) is 0 Å². The summed E-state index contributed by atoms with van der Waals surface area (Å²) in [5, 5.41) is 3.09. The van der Waals surface area contributed by atoms with Gasteiger partial charge in [-0.15, -0.1) is 0 Å². The Morgan fingerprint density at radius 1 is 1.10 bits per heavy atom. The molecule has 1 aliphatic heterocycles. The number of aryl methyl sites for hydroxylation is 2. The quantitative estimate of drug-likeness (QED) is 0.699. The molecular weight excluding hydrogens is 362 g/mol. The number of carbonyl (C=O) groups excluding carboxylic acids is 1. The number of nitrogens with one attached hydrogen (secondary N) is 2. The number of quaternary nitrogens is 1. The average molecular weight is 393 g/mol. The van der Waals surface area contributed by atoms with Crippen LogP contribution in [0.25, 0.3) is 11.0 Å². The van der Waals surface area contributed by atoms with Crippen molar-refractivity contribution < 1.29 is 9.69 Å². The van der Waals surface area contributed by atoms with Crippen molar-refractivity contribution in [3.63, 3.8) is 0 Å². The minimum Gasteiger partial charge on any atom is -0.331 e. The van der Waals surface area contributed by atoms with Crippen molar-refractivity contribution in [3.8, 4) is 0 Å². The van der Waals surface area contributed by atoms with Crippen LogP contribution in [0, 0.1) is 13.8 Å². The Morgan fingerprint density at radius 3 is 2.62 bits per heavy atom. The number of hydrogen-bond acceptors (Lipinski definition) is 3. The molecule has 2 heterocycles. The largest absolute Gasteiger partial charge is 0.331 e. The number of nitrogens with zero attached hydrogens (tertiary/aromatic N) is 3. The Labute approximate surface area is 172 Å². The predicted molar refractivity (Wildman–Crippen MR) is 118 cm³/mol. The third-order valence-electron chi connectivity index (χ3n) is 5.99. The van der Waals surface area contributed by atoms with Crippen LogP contribution >= 0.6 is 0 Å². The molecule has 6 nitrogen and oxygen atoms in total. The average Bonchev–Trinajstić information content (AvgIpc) is 3.10. The van der Waals surface area contributed by atoms with Crippen LogP contribution in [0.4, 0.5) is 11.6 Å². The molecule has 152 valence electrons. The number of piperazine rings is 1. The fourth-order valence-corrected chi connectivity index (χ4v) is 4.12. The van der Waals surface area contributed by atoms with Crippen LogP contribution < -0.4 is 15.1 Å². The maximum atomic E-state index is 12.6. The molecule has 0 radical (unpaired) electrons. The van der Waals surface area contributed by atoms with Crippen molar-refractivity contribution in [2.75, 3.05) is 42.9 Å². The molecule has 0 unspecified atom stereocenters. The lowest BCUT2D eigenvalue weighted by atomic mass is 10.1. The number of imidazole rings is 1. The van der Waals surface area contributed by atoms with Crippen LogP contribution in [0.3, 0.4) is 0 Å². The standard InChI is InChI=1S/C23H29N5O/c1-4-28-21-11-6-5-9-20(21)25-23(28)27-14-12-26(13-15-27)16-22(29)24-19-10-7-8-17(2)18(19)3/h5-11H,4,12-16H2,1-3H3,(H,24,29)/p+1. The van der Waals surface area contributed by atoms with E-state index in [9.17, 15) is 4.79 Å². The molecule has 3 aromatic rings. The number of amides is 1. The van der Waals surface area contributed by atoms with Crippen LogP contribution in [-0.4, -0.2) is 48.2 Å². The minimum atomic E-state index is 0.0861. The van der Waals surface area contributed by atoms with E-state index in [0.717, 1.165) is 55.4 Å². The van der Waals surface area contributed by atoms with E-state index in [2.05, 4.69) is 59.8 Å². The first-order valence-corrected chi connectivity index (χ1v) is 10.5. The van der Waals surface area contributed by atoms with Crippen molar-refractivity contribution in [2.24, 2.45) is 0 Å². The molecule has 1 aromatic heterocycles. The summed E-state index contributed by atoms with van der Waals surface area (Å²) < 4.78 is 2.29. The first kappa shape index (κ1) is 19.5. The topological polar surface area (TPSA) is 54.6 Å². The van der Waals surface area contributed by atoms with Crippen molar-refractivity contribution in [2.45, 2.75) is 27.3 Å². The molecule has 2 aromatic carbocycles. The molecule has 1 amide bonds. The summed E-state index contributed by atoms with van der Waals surface area (Å²) in [6, 6.07) is 14.3. The molecule has 0 aliphatic carbocycles. The Bertz CT molecular complexity index is 1020. The van der Waals surface area contributed by atoms with Crippen LogP contribution in [-0.2, 0) is 11.3 Å². The van der Waals surface area contributed by atoms with E-state index in [1.807, 2.05) is 18.2 Å². The van der Waals surface area contributed by atoms with Crippen molar-refractivity contribution in [3.05, 3.63) is 53.6 Å². The number of fused-ring (bicyclic) bond motifs is 1. The number of benzene rings is 2. The first-order chi connectivity index (χ1) is 14.1. The smallest absolute Gasteiger partial charge is 0.279 e. The van der Waals surface area contributed by atoms with Gasteiger partial charge in [0.25, 0.3) is 5.91 Å². The first-order valence-electron chi connectivity index (χ1n) is 10.5. The van der Waals surface area contributed by atoms with Gasteiger partial charge < -0.3 is 19.7 Å². The van der Waals surface area contributed by atoms with E-state index in [0.29, 0.717) is 6.54 Å². The maximum absolute atomic E-state index is 12.6. The van der Waals surface area contributed by atoms with Gasteiger partial charge in [0.1, 0.15) is 0 Å². The highest BCUT2D eigenvalue weighted by Gasteiger charge is 2.25. The summed E-state index contributed by atoms with van der Waals surface area (Å²) >= 11 is 0. The summed E-state index contributed by atoms with van der Waals surface area (Å²) in [6.45, 7) is 11.4. The number of rotatable bonds is 5. The maximum Gasteiger partial charge on any atom is 0.279 e. The van der Waals surface area contributed by atoms with Gasteiger partial charge in [0.15, 0.2) is 6.54 Å². The third kappa shape index (κ3) is 3.98. The second-order valence-electron chi connectivity index (χ2n) is 7.85. The van der Waals surface area contributed by atoms with E-state index >= 15 is 0 Å². The Balaban J connectivity index is 1.37. The molecule has 2 N–H and O–H groups in total. The molecule has 29 heavy (non-hydrogen) atoms. The SMILES string of the molecule is CCn1c(N2CC[NH+](CC(=O)Nc3cccc(C)c3C)CC2)nc2ccccc21. The normalized spacial score (nSPS) is 15.1. The van der Waals surface area contributed by atoms with E-state index in [1.165, 1.54) is 16.0 Å². The van der Waals surface area contributed by atoms with Crippen molar-refractivity contribution in [1.82, 2.24) is 9.55 Å². The van der Waals surface area contributed by atoms with Gasteiger partial charge in [0.2, 0.25) is 5.95 Å². The molecule has 0 atom stereocenters. The van der Waals surface area contributed by atoms with Crippen LogP contribution in [0.1, 0.15) is 18.1 Å². The summed E-state index contributed by atoms with van der Waals surface area (Å²) in [4.78, 5) is 21.1. The summed E-state index contributed by atoms with van der Waals surface area (Å²) in [7, 11) is 0. The highest BCUT2D eigenvalue weighted by Crippen LogP contribution is 2.22. The second-order valence-corrected chi connectivity index (χ2v) is 7.85. The molecule has 0 spiro atoms. The number of aromatic nitrogens is 2. The van der Waals surface area contributed by atoms with Crippen molar-refractivity contribution in [1.29, 1.82) is 0 Å². The fourth-order valence-electron chi connectivity index (χ4n) is 4.12. The van der Waals surface area contributed by atoms with E-state index in [-0.39, 0.29) is 5.91 Å². The van der Waals surface area contributed by atoms with Crippen LogP contribution in [0.2, 0.25) is 0 Å². The molecule has 1 saturated heterocycles. The van der Waals surface area contributed by atoms with Gasteiger partial charge in [-0.1, -0.05) is 24.3 Å². The molecule has 1 aliphatic rings. The minimum absolute atomic E-state index is 0.0861. The molecule has 0 bridgehead atoms. The van der Waals surface area contributed by atoms with E-state index in [1.54, 1.807) is 0 Å². The lowest BCUT2D eigenvalue weighted by Crippen LogP contribution is -3.15. The zero-order valence-electron chi connectivity index (χ0n) is 17.5. The molecule has 0 saturated carbocycles. The van der Waals surface area contributed by atoms with E-state index < -0.39 is 0 Å². The van der Waals surface area contributed by atoms with Gasteiger partial charge in [0, 0.05) is 12.2 Å². The number of anilines is 2. The van der Waals surface area contributed by atoms with Gasteiger partial charge in [0.05, 0.1) is 37.2 Å². The van der Waals surface area contributed by atoms with Gasteiger partial charge in [-0.2, -0.15) is 0 Å². The predicted octanol–water partition coefficient (Wildman–Crippen LogP) is 2.02. The van der Waals surface area contributed by atoms with Gasteiger partial charge in [-0.05, 0) is 50.1 Å². The summed E-state index contributed by atoms with van der Waals surface area (Å²) in [6.07, 6.45) is 0. The third-order valence-corrected chi connectivity index (χ3v) is 5.99. The van der Waals surface area contributed by atoms with Crippen LogP contribution in [0.15, 0.2) is 42.5 Å². The summed E-state index contributed by atoms with van der Waals surface area (Å²) in [5.41, 5.74) is 5.49. The molecule has 4 rings (SSSR count). The lowest BCUT2D eigenvalue weighted by molar-refractivity contribution is -0.892. The second kappa shape index (κ2) is 8.25. The Morgan fingerprint density at radius 2 is 1.86 bits per heavy atom. The molecular formula is C23H30N5O+. The monoisotopic (exact) mass is 392 g/mol. The number of hydrogen-bond donors (Lipinski definition) is 2.